The third-order valence-electron chi connectivity index (χ3n) is 4.35. The Hall–Kier alpha value is -2.55. The molecule has 138 valence electrons. The standard InChI is InChI=1S/C17H15F3N2O3S/c1-13-11-21(12-14-5-3-2-4-6-14)15(23)16(13)7-9-22(10-8-16)26(24,25)17(18,19)20/h2-11H,12H2,1H3. The first-order chi connectivity index (χ1) is 12.1. The van der Waals surface area contributed by atoms with E-state index in [1.165, 1.54) is 17.1 Å². The monoisotopic (exact) mass is 384 g/mol. The first-order valence-electron chi connectivity index (χ1n) is 7.60. The summed E-state index contributed by atoms with van der Waals surface area (Å²) in [4.78, 5) is 14.3. The number of rotatable bonds is 3. The Bertz CT molecular complexity index is 904. The van der Waals surface area contributed by atoms with Gasteiger partial charge in [0.25, 0.3) is 0 Å². The highest BCUT2D eigenvalue weighted by Gasteiger charge is 2.51. The number of hydrogen-bond acceptors (Lipinski definition) is 3. The molecule has 1 aromatic rings. The molecule has 0 unspecified atom stereocenters. The van der Waals surface area contributed by atoms with E-state index in [0.29, 0.717) is 12.1 Å². The van der Waals surface area contributed by atoms with E-state index in [0.717, 1.165) is 18.0 Å². The lowest BCUT2D eigenvalue weighted by atomic mass is 9.81. The molecule has 0 fully saturated rings. The maximum absolute atomic E-state index is 12.8. The molecular formula is C17H15F3N2O3S. The van der Waals surface area contributed by atoms with Crippen LogP contribution in [0, 0.1) is 5.41 Å². The Labute approximate surface area is 148 Å². The maximum Gasteiger partial charge on any atom is 0.517 e. The second-order valence-electron chi connectivity index (χ2n) is 6.01. The molecule has 5 nitrogen and oxygen atoms in total. The maximum atomic E-state index is 12.8. The summed E-state index contributed by atoms with van der Waals surface area (Å²) in [6, 6.07) is 9.22. The van der Waals surface area contributed by atoms with Crippen molar-refractivity contribution in [1.82, 2.24) is 9.21 Å². The zero-order valence-corrected chi connectivity index (χ0v) is 14.5. The Morgan fingerprint density at radius 3 is 2.19 bits per heavy atom. The number of carbonyl (C=O) groups is 1. The van der Waals surface area contributed by atoms with E-state index >= 15 is 0 Å². The van der Waals surface area contributed by atoms with Crippen LogP contribution >= 0.6 is 0 Å². The van der Waals surface area contributed by atoms with Gasteiger partial charge in [0.1, 0.15) is 5.41 Å². The van der Waals surface area contributed by atoms with Crippen LogP contribution in [0.5, 0.6) is 0 Å². The Balaban J connectivity index is 1.85. The molecule has 0 saturated carbocycles. The molecule has 2 aliphatic rings. The van der Waals surface area contributed by atoms with Gasteiger partial charge in [0.2, 0.25) is 5.91 Å². The van der Waals surface area contributed by atoms with Crippen LogP contribution in [-0.2, 0) is 21.4 Å². The largest absolute Gasteiger partial charge is 0.517 e. The van der Waals surface area contributed by atoms with Crippen molar-refractivity contribution in [3.8, 4) is 0 Å². The van der Waals surface area contributed by atoms with E-state index < -0.39 is 20.9 Å². The first kappa shape index (κ1) is 18.2. The number of alkyl halides is 3. The summed E-state index contributed by atoms with van der Waals surface area (Å²) in [7, 11) is -5.53. The van der Waals surface area contributed by atoms with E-state index in [-0.39, 0.29) is 10.2 Å². The fourth-order valence-corrected chi connectivity index (χ4v) is 3.56. The SMILES string of the molecule is CC1=CN(Cc2ccccc2)C(=O)C12C=CN(S(=O)(=O)C(F)(F)F)C=C2. The van der Waals surface area contributed by atoms with Gasteiger partial charge in [-0.25, -0.2) is 4.31 Å². The molecule has 0 atom stereocenters. The molecule has 0 N–H and O–H groups in total. The van der Waals surface area contributed by atoms with Gasteiger partial charge in [0.05, 0.1) is 6.54 Å². The molecule has 26 heavy (non-hydrogen) atoms. The highest BCUT2D eigenvalue weighted by atomic mass is 32.2. The van der Waals surface area contributed by atoms with Crippen LogP contribution in [0.4, 0.5) is 13.2 Å². The Morgan fingerprint density at radius 1 is 1.08 bits per heavy atom. The van der Waals surface area contributed by atoms with E-state index in [1.807, 2.05) is 30.3 Å². The molecule has 9 heteroatoms. The molecule has 2 aliphatic heterocycles. The average Bonchev–Trinajstić information content (AvgIpc) is 2.80. The highest BCUT2D eigenvalue weighted by Crippen LogP contribution is 2.42. The lowest BCUT2D eigenvalue weighted by Crippen LogP contribution is -2.39. The zero-order valence-electron chi connectivity index (χ0n) is 13.6. The molecular weight excluding hydrogens is 369 g/mol. The van der Waals surface area contributed by atoms with Gasteiger partial charge >= 0.3 is 15.5 Å². The second-order valence-corrected chi connectivity index (χ2v) is 7.85. The lowest BCUT2D eigenvalue weighted by molar-refractivity contribution is -0.131. The lowest BCUT2D eigenvalue weighted by Gasteiger charge is -2.29. The van der Waals surface area contributed by atoms with Crippen LogP contribution in [0.3, 0.4) is 0 Å². The zero-order chi connectivity index (χ0) is 19.2. The molecule has 1 amide bonds. The highest BCUT2D eigenvalue weighted by molar-refractivity contribution is 7.90. The van der Waals surface area contributed by atoms with Crippen LogP contribution in [0.25, 0.3) is 0 Å². The molecule has 3 rings (SSSR count). The summed E-state index contributed by atoms with van der Waals surface area (Å²) in [6.07, 6.45) is 5.51. The predicted octanol–water partition coefficient (Wildman–Crippen LogP) is 3.11. The minimum Gasteiger partial charge on any atom is -0.313 e. The van der Waals surface area contributed by atoms with Crippen LogP contribution in [0.1, 0.15) is 12.5 Å². The van der Waals surface area contributed by atoms with Crippen molar-refractivity contribution in [3.63, 3.8) is 0 Å². The minimum absolute atomic E-state index is 0.0681. The molecule has 0 saturated heterocycles. The number of benzene rings is 1. The Kier molecular flexibility index (Phi) is 4.22. The normalized spacial score (nSPS) is 19.4. The van der Waals surface area contributed by atoms with Crippen LogP contribution < -0.4 is 0 Å². The third-order valence-corrected chi connectivity index (χ3v) is 5.73. The molecule has 0 aliphatic carbocycles. The fourth-order valence-electron chi connectivity index (χ4n) is 2.88. The van der Waals surface area contributed by atoms with Gasteiger partial charge in [0.15, 0.2) is 0 Å². The van der Waals surface area contributed by atoms with E-state index in [9.17, 15) is 26.4 Å². The number of sulfonamides is 1. The van der Waals surface area contributed by atoms with Gasteiger partial charge in [-0.3, -0.25) is 4.79 Å². The van der Waals surface area contributed by atoms with Crippen molar-refractivity contribution in [3.05, 3.63) is 72.2 Å². The van der Waals surface area contributed by atoms with E-state index in [4.69, 9.17) is 0 Å². The fraction of sp³-hybridized carbons (Fsp3) is 0.235. The number of carbonyl (C=O) groups excluding carboxylic acids is 1. The quantitative estimate of drug-likeness (QED) is 0.805. The van der Waals surface area contributed by atoms with Crippen LogP contribution in [0.2, 0.25) is 0 Å². The van der Waals surface area contributed by atoms with Crippen LogP contribution in [-0.4, -0.2) is 29.0 Å². The Morgan fingerprint density at radius 2 is 1.65 bits per heavy atom. The van der Waals surface area contributed by atoms with Crippen molar-refractivity contribution in [2.75, 3.05) is 0 Å². The van der Waals surface area contributed by atoms with Gasteiger partial charge in [0, 0.05) is 18.6 Å². The number of nitrogens with zero attached hydrogens (tertiary/aromatic N) is 2. The summed E-state index contributed by atoms with van der Waals surface area (Å²) in [5.41, 5.74) is -5.20. The molecule has 0 bridgehead atoms. The van der Waals surface area contributed by atoms with Crippen molar-refractivity contribution in [2.24, 2.45) is 5.41 Å². The predicted molar refractivity (Wildman–Crippen MR) is 88.3 cm³/mol. The first-order valence-corrected chi connectivity index (χ1v) is 9.04. The molecule has 0 aromatic heterocycles. The molecule has 1 spiro atoms. The van der Waals surface area contributed by atoms with Crippen molar-refractivity contribution >= 4 is 15.9 Å². The molecule has 2 heterocycles. The second kappa shape index (κ2) is 6.01. The number of halogens is 3. The van der Waals surface area contributed by atoms with Gasteiger partial charge in [-0.15, -0.1) is 0 Å². The summed E-state index contributed by atoms with van der Waals surface area (Å²) >= 11 is 0. The third kappa shape index (κ3) is 2.82. The van der Waals surface area contributed by atoms with E-state index in [1.54, 1.807) is 13.1 Å². The van der Waals surface area contributed by atoms with Crippen molar-refractivity contribution in [1.29, 1.82) is 0 Å². The summed E-state index contributed by atoms with van der Waals surface area (Å²) in [5.74, 6) is -0.351. The van der Waals surface area contributed by atoms with Crippen molar-refractivity contribution < 1.29 is 26.4 Å². The topological polar surface area (TPSA) is 57.7 Å². The molecule has 1 aromatic carbocycles. The van der Waals surface area contributed by atoms with Crippen LogP contribution in [0.15, 0.2) is 66.7 Å². The minimum atomic E-state index is -5.53. The van der Waals surface area contributed by atoms with Gasteiger partial charge in [-0.05, 0) is 30.2 Å². The van der Waals surface area contributed by atoms with Gasteiger partial charge in [-0.1, -0.05) is 30.3 Å². The summed E-state index contributed by atoms with van der Waals surface area (Å²) in [6.45, 7) is 1.98. The van der Waals surface area contributed by atoms with Crippen molar-refractivity contribution in [2.45, 2.75) is 19.0 Å². The van der Waals surface area contributed by atoms with Gasteiger partial charge < -0.3 is 4.90 Å². The summed E-state index contributed by atoms with van der Waals surface area (Å²) < 4.78 is 61.0. The van der Waals surface area contributed by atoms with E-state index in [2.05, 4.69) is 0 Å². The number of amides is 1. The summed E-state index contributed by atoms with van der Waals surface area (Å²) in [5, 5.41) is 0. The molecule has 0 radical (unpaired) electrons. The number of hydrogen-bond donors (Lipinski definition) is 0. The smallest absolute Gasteiger partial charge is 0.313 e. The van der Waals surface area contributed by atoms with Gasteiger partial charge in [-0.2, -0.15) is 21.6 Å². The average molecular weight is 384 g/mol.